The maximum Gasteiger partial charge on any atom is 0 e. The molecule has 3 nitrogen and oxygen atoms in total. The Bertz CT molecular complexity index is 142. The van der Waals surface area contributed by atoms with Crippen molar-refractivity contribution in [3.63, 3.8) is 0 Å². The van der Waals surface area contributed by atoms with Crippen LogP contribution >= 0.6 is 0 Å². The molecule has 0 fully saturated rings. The van der Waals surface area contributed by atoms with Crippen LogP contribution in [0.2, 0.25) is 0 Å². The molecule has 0 heterocycles. The van der Waals surface area contributed by atoms with E-state index in [4.69, 9.17) is 14.0 Å². The second kappa shape index (κ2) is 48.7. The monoisotopic (exact) mass is 336 g/mol. The molecule has 0 saturated carbocycles. The van der Waals surface area contributed by atoms with Gasteiger partial charge in [0.15, 0.2) is 0 Å². The Morgan fingerprint density at radius 1 is 0.750 bits per heavy atom. The van der Waals surface area contributed by atoms with Crippen LogP contribution in [0.5, 0.6) is 0 Å². The van der Waals surface area contributed by atoms with Gasteiger partial charge < -0.3 is 0 Å². The van der Waals surface area contributed by atoms with Crippen LogP contribution in [0.4, 0.5) is 0 Å². The first-order chi connectivity index (χ1) is 5.50. The van der Waals surface area contributed by atoms with Crippen molar-refractivity contribution >= 4 is 0 Å². The summed E-state index contributed by atoms with van der Waals surface area (Å²) in [5, 5.41) is 0. The van der Waals surface area contributed by atoms with E-state index >= 15 is 0 Å². The van der Waals surface area contributed by atoms with E-state index in [2.05, 4.69) is 20.0 Å². The summed E-state index contributed by atoms with van der Waals surface area (Å²) >= 11 is 0. The molecule has 0 saturated heterocycles. The molecular formula is C8H5O3Re-. The van der Waals surface area contributed by atoms with Crippen LogP contribution in [0.25, 0.3) is 0 Å². The molecule has 63 valence electrons. The van der Waals surface area contributed by atoms with E-state index in [0.29, 0.717) is 0 Å². The summed E-state index contributed by atoms with van der Waals surface area (Å²) in [5.74, 6) is 0. The van der Waals surface area contributed by atoms with Gasteiger partial charge in [0.1, 0.15) is 0 Å². The average molecular weight is 335 g/mol. The van der Waals surface area contributed by atoms with Crippen LogP contribution < -0.4 is 0 Å². The molecular weight excluding hydrogens is 330 g/mol. The van der Waals surface area contributed by atoms with Gasteiger partial charge in [-0.05, 0) is 0 Å². The minimum Gasteiger partial charge on any atom is -0.214 e. The van der Waals surface area contributed by atoms with Crippen LogP contribution in [0.1, 0.15) is 0 Å². The van der Waals surface area contributed by atoms with E-state index < -0.39 is 0 Å². The fourth-order valence-corrected chi connectivity index (χ4v) is 0.321. The fourth-order valence-electron chi connectivity index (χ4n) is 0.321. The first-order valence-corrected chi connectivity index (χ1v) is 2.28. The molecule has 1 radical (unpaired) electrons. The Morgan fingerprint density at radius 3 is 1.08 bits per heavy atom. The quantitative estimate of drug-likeness (QED) is 0.507. The van der Waals surface area contributed by atoms with Gasteiger partial charge in [-0.25, -0.2) is 12.1 Å². The summed E-state index contributed by atoms with van der Waals surface area (Å²) in [6, 6.07) is 10.0. The third-order valence-corrected chi connectivity index (χ3v) is 0.556. The van der Waals surface area contributed by atoms with Gasteiger partial charge in [-0.2, -0.15) is 18.2 Å². The summed E-state index contributed by atoms with van der Waals surface area (Å²) in [5.41, 5.74) is 0. The minimum absolute atomic E-state index is 0. The summed E-state index contributed by atoms with van der Waals surface area (Å²) in [4.78, 5) is 0. The van der Waals surface area contributed by atoms with Gasteiger partial charge in [-0.3, -0.25) is 0 Å². The zero-order valence-electron chi connectivity index (χ0n) is 5.99. The molecule has 0 aliphatic carbocycles. The molecule has 0 N–H and O–H groups in total. The predicted octanol–water partition coefficient (Wildman–Crippen LogP) is 1.29. The summed E-state index contributed by atoms with van der Waals surface area (Å²) in [6.45, 7) is 13.5. The molecule has 0 unspecified atom stereocenters. The molecule has 0 aliphatic heterocycles. The van der Waals surface area contributed by atoms with Crippen molar-refractivity contribution in [3.05, 3.63) is 50.3 Å². The fraction of sp³-hybridized carbons (Fsp3) is 0. The van der Waals surface area contributed by atoms with Crippen LogP contribution in [0.15, 0.2) is 30.3 Å². The third-order valence-electron chi connectivity index (χ3n) is 0.556. The molecule has 0 spiro atoms. The summed E-state index contributed by atoms with van der Waals surface area (Å²) in [7, 11) is 0. The topological polar surface area (TPSA) is 59.7 Å². The van der Waals surface area contributed by atoms with Gasteiger partial charge in [0.25, 0.3) is 0 Å². The molecule has 0 atom stereocenters. The van der Waals surface area contributed by atoms with Crippen LogP contribution in [-0.2, 0) is 34.4 Å². The summed E-state index contributed by atoms with van der Waals surface area (Å²) in [6.07, 6.45) is 0. The van der Waals surface area contributed by atoms with Crippen molar-refractivity contribution in [3.8, 4) is 0 Å². The molecule has 0 amide bonds. The van der Waals surface area contributed by atoms with Gasteiger partial charge in [0.05, 0.1) is 0 Å². The molecule has 1 aromatic rings. The van der Waals surface area contributed by atoms with E-state index in [0.717, 1.165) is 0 Å². The van der Waals surface area contributed by atoms with Gasteiger partial charge in [0.2, 0.25) is 0 Å². The van der Waals surface area contributed by atoms with E-state index in [-0.39, 0.29) is 20.4 Å². The van der Waals surface area contributed by atoms with Crippen molar-refractivity contribution in [2.75, 3.05) is 0 Å². The second-order valence-corrected chi connectivity index (χ2v) is 0.962. The van der Waals surface area contributed by atoms with Crippen LogP contribution in [0, 0.1) is 20.0 Å². The summed E-state index contributed by atoms with van der Waals surface area (Å²) < 4.78 is 22.5. The maximum atomic E-state index is 7.50. The molecule has 1 rings (SSSR count). The van der Waals surface area contributed by atoms with Gasteiger partial charge in [0, 0.05) is 20.4 Å². The molecule has 0 bridgehead atoms. The molecule has 0 aromatic heterocycles. The van der Waals surface area contributed by atoms with E-state index in [9.17, 15) is 0 Å². The Hall–Kier alpha value is -0.768. The first kappa shape index (κ1) is 22.5. The number of hydrogen-bond acceptors (Lipinski definition) is 0. The molecule has 12 heavy (non-hydrogen) atoms. The molecule has 0 aliphatic rings. The zero-order valence-corrected chi connectivity index (χ0v) is 8.71. The van der Waals surface area contributed by atoms with Crippen LogP contribution in [-0.4, -0.2) is 0 Å². The Balaban J connectivity index is -0.0000000406. The molecule has 4 heteroatoms. The first-order valence-electron chi connectivity index (χ1n) is 2.28. The van der Waals surface area contributed by atoms with E-state index in [1.807, 2.05) is 30.3 Å². The Morgan fingerprint density at radius 2 is 1.00 bits per heavy atom. The minimum atomic E-state index is 0. The normalized spacial score (nSPS) is 3.83. The van der Waals surface area contributed by atoms with E-state index in [1.54, 1.807) is 0 Å². The standard InChI is InChI=1S/C5H5.3CO.Re/c1-2-4-5-3-1;3*1-2;/h1-5H;;;;/q-1;;;;. The van der Waals surface area contributed by atoms with Gasteiger partial charge in [-0.15, -0.1) is 0 Å². The van der Waals surface area contributed by atoms with Crippen molar-refractivity contribution in [1.82, 2.24) is 0 Å². The second-order valence-electron chi connectivity index (χ2n) is 0.962. The average Bonchev–Trinajstić information content (AvgIpc) is 2.71. The van der Waals surface area contributed by atoms with Crippen molar-refractivity contribution in [2.24, 2.45) is 0 Å². The number of rotatable bonds is 0. The van der Waals surface area contributed by atoms with Gasteiger partial charge >= 0.3 is 33.9 Å². The van der Waals surface area contributed by atoms with Crippen molar-refractivity contribution in [2.45, 2.75) is 0 Å². The zero-order chi connectivity index (χ0) is 9.54. The Labute approximate surface area is 85.0 Å². The maximum absolute atomic E-state index is 7.50. The Kier molecular flexibility index (Phi) is 91.2. The predicted molar refractivity (Wildman–Crippen MR) is 33.8 cm³/mol. The van der Waals surface area contributed by atoms with Crippen LogP contribution in [0.3, 0.4) is 0 Å². The van der Waals surface area contributed by atoms with Gasteiger partial charge in [-0.1, -0.05) is 0 Å². The molecule has 1 aromatic carbocycles. The largest absolute Gasteiger partial charge is 0.214 e. The van der Waals surface area contributed by atoms with Crippen molar-refractivity contribution in [1.29, 1.82) is 0 Å². The van der Waals surface area contributed by atoms with Crippen molar-refractivity contribution < 1.29 is 34.4 Å². The SMILES string of the molecule is [C-]#[O+].[C-]#[O+].[C-]#[O+].[Re].c1cc[cH-]c1. The third kappa shape index (κ3) is 34.9. The van der Waals surface area contributed by atoms with E-state index in [1.165, 1.54) is 0 Å². The number of hydrogen-bond donors (Lipinski definition) is 0. The smallest absolute Gasteiger partial charge is 0 e.